The second-order valence-corrected chi connectivity index (χ2v) is 5.76. The summed E-state index contributed by atoms with van der Waals surface area (Å²) in [7, 11) is 4.21. The number of nitrogens with one attached hydrogen (secondary N) is 1. The van der Waals surface area contributed by atoms with Crippen LogP contribution in [0.1, 0.15) is 6.42 Å². The summed E-state index contributed by atoms with van der Waals surface area (Å²) >= 11 is 0. The fourth-order valence-corrected chi connectivity index (χ4v) is 2.85. The number of carbonyl (C=O) groups excluding carboxylic acids is 1. The molecule has 1 N–H and O–H groups in total. The minimum atomic E-state index is -0.411. The maximum absolute atomic E-state index is 12.1. The number of rotatable bonds is 3. The normalized spacial score (nSPS) is 26.2. The van der Waals surface area contributed by atoms with Crippen LogP contribution in [0.4, 0.5) is 5.69 Å². The van der Waals surface area contributed by atoms with Crippen molar-refractivity contribution in [3.63, 3.8) is 0 Å². The number of hydrogen-bond acceptors (Lipinski definition) is 4. The van der Waals surface area contributed by atoms with Crippen LogP contribution < -0.4 is 10.1 Å². The quantitative estimate of drug-likeness (QED) is 0.894. The molecule has 1 amide bonds. The Hall–Kier alpha value is -1.59. The number of likely N-dealkylation sites (tertiary alicyclic amines) is 1. The van der Waals surface area contributed by atoms with E-state index >= 15 is 0 Å². The second kappa shape index (κ2) is 5.42. The summed E-state index contributed by atoms with van der Waals surface area (Å²) in [6, 6.07) is 8.15. The molecule has 1 aromatic rings. The molecule has 2 atom stereocenters. The molecular formula is C15H21N3O2. The van der Waals surface area contributed by atoms with E-state index in [4.69, 9.17) is 4.74 Å². The third-order valence-corrected chi connectivity index (χ3v) is 4.11. The van der Waals surface area contributed by atoms with Gasteiger partial charge in [-0.15, -0.1) is 0 Å². The molecule has 0 bridgehead atoms. The first-order valence-corrected chi connectivity index (χ1v) is 7.09. The predicted octanol–water partition coefficient (Wildman–Crippen LogP) is 1.02. The number of para-hydroxylation sites is 2. The van der Waals surface area contributed by atoms with Crippen LogP contribution >= 0.6 is 0 Å². The van der Waals surface area contributed by atoms with Gasteiger partial charge in [-0.05, 0) is 39.2 Å². The highest BCUT2D eigenvalue weighted by molar-refractivity contribution is 5.97. The first kappa shape index (κ1) is 13.4. The molecule has 5 nitrogen and oxygen atoms in total. The van der Waals surface area contributed by atoms with Crippen LogP contribution in [-0.2, 0) is 4.79 Å². The van der Waals surface area contributed by atoms with Crippen LogP contribution in [0, 0.1) is 0 Å². The minimum Gasteiger partial charge on any atom is -0.477 e. The summed E-state index contributed by atoms with van der Waals surface area (Å²) in [6.07, 6.45) is 0.739. The topological polar surface area (TPSA) is 44.8 Å². The summed E-state index contributed by atoms with van der Waals surface area (Å²) in [5, 5.41) is 2.92. The third kappa shape index (κ3) is 2.64. The zero-order valence-electron chi connectivity index (χ0n) is 12.0. The van der Waals surface area contributed by atoms with Crippen molar-refractivity contribution in [1.29, 1.82) is 0 Å². The summed E-state index contributed by atoms with van der Waals surface area (Å²) < 4.78 is 5.83. The predicted molar refractivity (Wildman–Crippen MR) is 78.0 cm³/mol. The molecule has 3 rings (SSSR count). The summed E-state index contributed by atoms with van der Waals surface area (Å²) in [4.78, 5) is 16.6. The van der Waals surface area contributed by atoms with Gasteiger partial charge in [-0.3, -0.25) is 9.69 Å². The van der Waals surface area contributed by atoms with E-state index in [1.165, 1.54) is 0 Å². The maximum atomic E-state index is 12.1. The molecule has 20 heavy (non-hydrogen) atoms. The molecule has 0 radical (unpaired) electrons. The number of amides is 1. The van der Waals surface area contributed by atoms with E-state index in [1.54, 1.807) is 0 Å². The van der Waals surface area contributed by atoms with E-state index in [0.717, 1.165) is 30.9 Å². The van der Waals surface area contributed by atoms with Crippen molar-refractivity contribution in [1.82, 2.24) is 9.80 Å². The first-order valence-electron chi connectivity index (χ1n) is 7.09. The average molecular weight is 275 g/mol. The number of anilines is 1. The largest absolute Gasteiger partial charge is 0.477 e. The summed E-state index contributed by atoms with van der Waals surface area (Å²) in [6.45, 7) is 2.68. The van der Waals surface area contributed by atoms with Crippen LogP contribution in [0.25, 0.3) is 0 Å². The molecule has 2 aliphatic rings. The molecule has 108 valence electrons. The van der Waals surface area contributed by atoms with Gasteiger partial charge in [0, 0.05) is 19.1 Å². The molecule has 1 aromatic carbocycles. The number of hydrogen-bond donors (Lipinski definition) is 1. The Kier molecular flexibility index (Phi) is 3.63. The molecule has 5 heteroatoms. The van der Waals surface area contributed by atoms with Gasteiger partial charge in [-0.25, -0.2) is 0 Å². The Labute approximate surface area is 119 Å². The molecule has 2 heterocycles. The lowest BCUT2D eigenvalue weighted by molar-refractivity contribution is -0.124. The van der Waals surface area contributed by atoms with E-state index in [2.05, 4.69) is 29.2 Å². The molecule has 0 aromatic heterocycles. The molecule has 0 saturated carbocycles. The smallest absolute Gasteiger partial charge is 0.266 e. The van der Waals surface area contributed by atoms with Gasteiger partial charge in [0.15, 0.2) is 6.10 Å². The monoisotopic (exact) mass is 275 g/mol. The van der Waals surface area contributed by atoms with Crippen molar-refractivity contribution < 1.29 is 9.53 Å². The Morgan fingerprint density at radius 3 is 2.95 bits per heavy atom. The number of benzene rings is 1. The Bertz CT molecular complexity index is 504. The number of fused-ring (bicyclic) bond motifs is 1. The van der Waals surface area contributed by atoms with E-state index in [-0.39, 0.29) is 5.91 Å². The van der Waals surface area contributed by atoms with Gasteiger partial charge in [-0.2, -0.15) is 0 Å². The number of nitrogens with zero attached hydrogens (tertiary/aromatic N) is 2. The number of ether oxygens (including phenoxy) is 1. The third-order valence-electron chi connectivity index (χ3n) is 4.11. The first-order chi connectivity index (χ1) is 9.63. The second-order valence-electron chi connectivity index (χ2n) is 5.76. The lowest BCUT2D eigenvalue weighted by Crippen LogP contribution is -2.45. The molecule has 2 aliphatic heterocycles. The van der Waals surface area contributed by atoms with Gasteiger partial charge in [0.1, 0.15) is 5.75 Å². The van der Waals surface area contributed by atoms with Crippen molar-refractivity contribution >= 4 is 11.6 Å². The van der Waals surface area contributed by atoms with Crippen LogP contribution in [0.5, 0.6) is 5.75 Å². The van der Waals surface area contributed by atoms with Gasteiger partial charge in [-0.1, -0.05) is 12.1 Å². The minimum absolute atomic E-state index is 0.0444. The van der Waals surface area contributed by atoms with Gasteiger partial charge >= 0.3 is 0 Å². The van der Waals surface area contributed by atoms with Crippen molar-refractivity contribution in [2.24, 2.45) is 0 Å². The van der Waals surface area contributed by atoms with Crippen LogP contribution in [0.2, 0.25) is 0 Å². The molecule has 0 spiro atoms. The van der Waals surface area contributed by atoms with Crippen molar-refractivity contribution in [2.45, 2.75) is 18.6 Å². The lowest BCUT2D eigenvalue weighted by Gasteiger charge is -2.29. The zero-order valence-corrected chi connectivity index (χ0v) is 12.0. The van der Waals surface area contributed by atoms with Crippen LogP contribution in [0.15, 0.2) is 24.3 Å². The fourth-order valence-electron chi connectivity index (χ4n) is 2.85. The van der Waals surface area contributed by atoms with Gasteiger partial charge < -0.3 is 15.0 Å². The standard InChI is InChI=1S/C15H21N3O2/c1-17(2)11-7-8-18(9-11)10-14-15(19)16-12-5-3-4-6-13(12)20-14/h3-6,11,14H,7-10H2,1-2H3,(H,16,19). The zero-order chi connectivity index (χ0) is 14.1. The van der Waals surface area contributed by atoms with Crippen LogP contribution in [0.3, 0.4) is 0 Å². The van der Waals surface area contributed by atoms with E-state index in [0.29, 0.717) is 12.6 Å². The molecule has 2 unspecified atom stereocenters. The summed E-state index contributed by atoms with van der Waals surface area (Å²) in [5.74, 6) is 0.720. The Morgan fingerprint density at radius 2 is 2.20 bits per heavy atom. The summed E-state index contributed by atoms with van der Waals surface area (Å²) in [5.41, 5.74) is 0.765. The molecular weight excluding hydrogens is 254 g/mol. The number of carbonyl (C=O) groups is 1. The highest BCUT2D eigenvalue weighted by atomic mass is 16.5. The van der Waals surface area contributed by atoms with Crippen LogP contribution in [-0.4, -0.2) is 61.6 Å². The highest BCUT2D eigenvalue weighted by Crippen LogP contribution is 2.29. The highest BCUT2D eigenvalue weighted by Gasteiger charge is 2.32. The Balaban J connectivity index is 1.63. The van der Waals surface area contributed by atoms with Gasteiger partial charge in [0.05, 0.1) is 5.69 Å². The molecule has 1 fully saturated rings. The number of likely N-dealkylation sites (N-methyl/N-ethyl adjacent to an activating group) is 1. The molecule has 1 saturated heterocycles. The van der Waals surface area contributed by atoms with Crippen molar-refractivity contribution in [2.75, 3.05) is 39.0 Å². The van der Waals surface area contributed by atoms with Gasteiger partial charge in [0.2, 0.25) is 0 Å². The van der Waals surface area contributed by atoms with E-state index in [1.807, 2.05) is 24.3 Å². The lowest BCUT2D eigenvalue weighted by atomic mass is 10.2. The van der Waals surface area contributed by atoms with Crippen molar-refractivity contribution in [3.8, 4) is 5.75 Å². The van der Waals surface area contributed by atoms with Gasteiger partial charge in [0.25, 0.3) is 5.91 Å². The van der Waals surface area contributed by atoms with Crippen molar-refractivity contribution in [3.05, 3.63) is 24.3 Å². The van der Waals surface area contributed by atoms with E-state index < -0.39 is 6.10 Å². The molecule has 0 aliphatic carbocycles. The average Bonchev–Trinajstić information content (AvgIpc) is 2.88. The SMILES string of the molecule is CN(C)C1CCN(CC2Oc3ccccc3NC2=O)C1. The maximum Gasteiger partial charge on any atom is 0.266 e. The van der Waals surface area contributed by atoms with E-state index in [9.17, 15) is 4.79 Å². The Morgan fingerprint density at radius 1 is 1.40 bits per heavy atom. The fraction of sp³-hybridized carbons (Fsp3) is 0.533.